The first kappa shape index (κ1) is 20.7. The van der Waals surface area contributed by atoms with Crippen LogP contribution >= 0.6 is 0 Å². The molecule has 0 aliphatic rings. The van der Waals surface area contributed by atoms with Crippen molar-refractivity contribution in [3.63, 3.8) is 0 Å². The van der Waals surface area contributed by atoms with Crippen LogP contribution < -0.4 is 11.5 Å². The van der Waals surface area contributed by atoms with E-state index in [2.05, 4.69) is 19.9 Å². The second kappa shape index (κ2) is 9.04. The second-order valence-corrected chi connectivity index (χ2v) is 6.63. The van der Waals surface area contributed by atoms with Crippen LogP contribution in [0.5, 0.6) is 0 Å². The summed E-state index contributed by atoms with van der Waals surface area (Å²) in [7, 11) is 0. The lowest BCUT2D eigenvalue weighted by Crippen LogP contribution is -2.09. The monoisotopic (exact) mass is 430 g/mol. The first-order chi connectivity index (χ1) is 15.5. The van der Waals surface area contributed by atoms with E-state index in [1.54, 1.807) is 24.3 Å². The average molecular weight is 430 g/mol. The maximum atomic E-state index is 11.9. The molecule has 0 radical (unpaired) electrons. The molecule has 0 saturated heterocycles. The molecule has 32 heavy (non-hydrogen) atoms. The summed E-state index contributed by atoms with van der Waals surface area (Å²) < 4.78 is 10.1. The number of anilines is 2. The van der Waals surface area contributed by atoms with Gasteiger partial charge in [0, 0.05) is 22.9 Å². The Morgan fingerprint density at radius 2 is 1.09 bits per heavy atom. The molecule has 2 aromatic heterocycles. The molecule has 2 heterocycles. The first-order valence-corrected chi connectivity index (χ1v) is 9.53. The smallest absolute Gasteiger partial charge is 0.331 e. The fourth-order valence-electron chi connectivity index (χ4n) is 2.93. The van der Waals surface area contributed by atoms with Crippen LogP contribution in [-0.2, 0) is 32.3 Å². The molecule has 4 aromatic rings. The molecule has 0 amide bonds. The lowest BCUT2D eigenvalue weighted by Gasteiger charge is -2.06. The molecule has 160 valence electrons. The van der Waals surface area contributed by atoms with E-state index in [-0.39, 0.29) is 36.5 Å². The predicted octanol–water partition coefficient (Wildman–Crippen LogP) is 2.08. The Morgan fingerprint density at radius 1 is 0.688 bits per heavy atom. The van der Waals surface area contributed by atoms with Gasteiger partial charge in [0.1, 0.15) is 11.6 Å². The largest absolute Gasteiger partial charge is 0.454 e. The molecule has 4 N–H and O–H groups in total. The number of hydrogen-bond acceptors (Lipinski definition) is 10. The zero-order valence-corrected chi connectivity index (χ0v) is 16.8. The van der Waals surface area contributed by atoms with Gasteiger partial charge in [-0.3, -0.25) is 0 Å². The third-order valence-electron chi connectivity index (χ3n) is 4.40. The van der Waals surface area contributed by atoms with Crippen LogP contribution in [0.2, 0.25) is 0 Å². The van der Waals surface area contributed by atoms with Crippen molar-refractivity contribution in [3.8, 4) is 0 Å². The lowest BCUT2D eigenvalue weighted by atomic mass is 10.2. The van der Waals surface area contributed by atoms with Crippen molar-refractivity contribution in [2.24, 2.45) is 0 Å². The number of hydrogen-bond donors (Lipinski definition) is 2. The number of ether oxygens (including phenoxy) is 2. The van der Waals surface area contributed by atoms with Crippen LogP contribution in [0, 0.1) is 0 Å². The van der Waals surface area contributed by atoms with Crippen molar-refractivity contribution in [3.05, 3.63) is 72.3 Å². The third-order valence-corrected chi connectivity index (χ3v) is 4.40. The minimum Gasteiger partial charge on any atom is -0.454 e. The third kappa shape index (κ3) is 4.75. The molecular formula is C22H18N6O4. The van der Waals surface area contributed by atoms with Crippen LogP contribution in [0.4, 0.5) is 11.6 Å². The summed E-state index contributed by atoms with van der Waals surface area (Å²) in [5.74, 6) is -0.449. The van der Waals surface area contributed by atoms with Gasteiger partial charge in [0.15, 0.2) is 24.9 Å². The minimum atomic E-state index is -0.761. The van der Waals surface area contributed by atoms with Gasteiger partial charge >= 0.3 is 11.9 Å². The number of fused-ring (bicyclic) bond motifs is 2. The lowest BCUT2D eigenvalue weighted by molar-refractivity contribution is -0.142. The van der Waals surface area contributed by atoms with Crippen LogP contribution in [0.3, 0.4) is 0 Å². The summed E-state index contributed by atoms with van der Waals surface area (Å²) in [6.07, 6.45) is 1.89. The second-order valence-electron chi connectivity index (χ2n) is 6.63. The highest BCUT2D eigenvalue weighted by atomic mass is 16.5. The Hall–Kier alpha value is -4.60. The Bertz CT molecular complexity index is 1250. The van der Waals surface area contributed by atoms with Crippen molar-refractivity contribution in [2.45, 2.75) is 13.2 Å². The Labute approximate surface area is 181 Å². The number of nitrogens with two attached hydrogens (primary N) is 2. The van der Waals surface area contributed by atoms with E-state index in [4.69, 9.17) is 20.9 Å². The maximum Gasteiger partial charge on any atom is 0.331 e. The number of nitrogens with zero attached hydrogens (tertiary/aromatic N) is 4. The van der Waals surface area contributed by atoms with Crippen molar-refractivity contribution in [1.29, 1.82) is 0 Å². The summed E-state index contributed by atoms with van der Waals surface area (Å²) in [6.45, 7) is -0.394. The molecule has 10 nitrogen and oxygen atoms in total. The van der Waals surface area contributed by atoms with Crippen molar-refractivity contribution >= 4 is 45.4 Å². The number of carbonyl (C=O) groups is 2. The predicted molar refractivity (Wildman–Crippen MR) is 117 cm³/mol. The van der Waals surface area contributed by atoms with Gasteiger partial charge in [-0.2, -0.15) is 0 Å². The summed E-state index contributed by atoms with van der Waals surface area (Å²) in [5, 5.41) is 1.42. The van der Waals surface area contributed by atoms with Crippen molar-refractivity contribution < 1.29 is 19.1 Å². The van der Waals surface area contributed by atoms with E-state index < -0.39 is 11.9 Å². The molecule has 2 aromatic carbocycles. The number of para-hydroxylation sites is 2. The Kier molecular flexibility index (Phi) is 5.84. The summed E-state index contributed by atoms with van der Waals surface area (Å²) in [6, 6.07) is 14.4. The molecule has 0 saturated carbocycles. The molecule has 10 heteroatoms. The molecule has 0 fully saturated rings. The maximum absolute atomic E-state index is 11.9. The number of rotatable bonds is 6. The fraction of sp³-hybridized carbons (Fsp3) is 0.0909. The van der Waals surface area contributed by atoms with Crippen molar-refractivity contribution in [2.75, 3.05) is 11.5 Å². The van der Waals surface area contributed by atoms with E-state index in [0.717, 1.165) is 12.2 Å². The topological polar surface area (TPSA) is 156 Å². The van der Waals surface area contributed by atoms with Gasteiger partial charge in [0.2, 0.25) is 0 Å². The van der Waals surface area contributed by atoms with Crippen molar-refractivity contribution in [1.82, 2.24) is 19.9 Å². The number of benzene rings is 2. The summed E-state index contributed by atoms with van der Waals surface area (Å²) in [4.78, 5) is 40.6. The van der Waals surface area contributed by atoms with E-state index in [1.165, 1.54) is 0 Å². The quantitative estimate of drug-likeness (QED) is 0.343. The summed E-state index contributed by atoms with van der Waals surface area (Å²) >= 11 is 0. The summed E-state index contributed by atoms with van der Waals surface area (Å²) in [5.41, 5.74) is 13.1. The fourth-order valence-corrected chi connectivity index (χ4v) is 2.93. The zero-order valence-electron chi connectivity index (χ0n) is 16.8. The van der Waals surface area contributed by atoms with Gasteiger partial charge in [0.25, 0.3) is 0 Å². The number of nitrogen functional groups attached to an aromatic ring is 2. The highest BCUT2D eigenvalue weighted by Crippen LogP contribution is 2.18. The normalized spacial score (nSPS) is 11.1. The Balaban J connectivity index is 1.30. The van der Waals surface area contributed by atoms with Crippen LogP contribution in [-0.4, -0.2) is 31.9 Å². The Morgan fingerprint density at radius 3 is 1.53 bits per heavy atom. The van der Waals surface area contributed by atoms with E-state index in [1.807, 2.05) is 24.3 Å². The standard InChI is InChI=1S/C22H18N6O4/c23-21-13-5-1-3-7-15(13)25-17(27-21)11-31-19(29)9-10-20(30)32-12-18-26-16-8-4-2-6-14(16)22(24)28-18/h1-10H,11-12H2,(H2,23,25,27)(H2,24,26,28)/b10-9+. The first-order valence-electron chi connectivity index (χ1n) is 9.53. The van der Waals surface area contributed by atoms with E-state index in [0.29, 0.717) is 21.8 Å². The van der Waals surface area contributed by atoms with Crippen LogP contribution in [0.15, 0.2) is 60.7 Å². The number of carbonyl (C=O) groups excluding carboxylic acids is 2. The molecule has 0 atom stereocenters. The molecule has 4 rings (SSSR count). The van der Waals surface area contributed by atoms with Crippen LogP contribution in [0.25, 0.3) is 21.8 Å². The minimum absolute atomic E-state index is 0.197. The molecule has 0 unspecified atom stereocenters. The van der Waals surface area contributed by atoms with Gasteiger partial charge in [-0.05, 0) is 24.3 Å². The molecular weight excluding hydrogens is 412 g/mol. The van der Waals surface area contributed by atoms with Gasteiger partial charge in [-0.15, -0.1) is 0 Å². The molecule has 0 bridgehead atoms. The van der Waals surface area contributed by atoms with Crippen LogP contribution in [0.1, 0.15) is 11.6 Å². The molecule has 0 aliphatic carbocycles. The van der Waals surface area contributed by atoms with E-state index in [9.17, 15) is 9.59 Å². The highest BCUT2D eigenvalue weighted by molar-refractivity contribution is 5.92. The average Bonchev–Trinajstić information content (AvgIpc) is 2.80. The zero-order chi connectivity index (χ0) is 22.5. The number of aromatic nitrogens is 4. The van der Waals surface area contributed by atoms with Gasteiger partial charge < -0.3 is 20.9 Å². The van der Waals surface area contributed by atoms with Gasteiger partial charge in [0.05, 0.1) is 11.0 Å². The molecule has 0 spiro atoms. The van der Waals surface area contributed by atoms with Gasteiger partial charge in [-0.1, -0.05) is 24.3 Å². The van der Waals surface area contributed by atoms with E-state index >= 15 is 0 Å². The highest BCUT2D eigenvalue weighted by Gasteiger charge is 2.09. The molecule has 0 aliphatic heterocycles. The SMILES string of the molecule is Nc1nc(COC(=O)/C=C/C(=O)OCc2nc(N)c3ccccc3n2)nc2ccccc12. The van der Waals surface area contributed by atoms with Gasteiger partial charge in [-0.25, -0.2) is 29.5 Å². The number of esters is 2.